The number of rotatable bonds is 7. The highest BCUT2D eigenvalue weighted by molar-refractivity contribution is 5.28. The molecule has 1 aromatic rings. The standard InChI is InChI=1S/C16H22N2O/c1-3-4-13-5-9-15(10-6-13)19-12-16(11-17,18-2)14-7-8-14/h5-6,9-10,14,18H,3-4,7-8,12H2,1-2H3. The molecular weight excluding hydrogens is 236 g/mol. The second-order valence-corrected chi connectivity index (χ2v) is 5.29. The van der Waals surface area contributed by atoms with E-state index in [1.807, 2.05) is 19.2 Å². The van der Waals surface area contributed by atoms with Crippen LogP contribution in [0.3, 0.4) is 0 Å². The average molecular weight is 258 g/mol. The Labute approximate surface area is 115 Å². The van der Waals surface area contributed by atoms with E-state index in [9.17, 15) is 5.26 Å². The molecule has 102 valence electrons. The van der Waals surface area contributed by atoms with Gasteiger partial charge in [0.15, 0.2) is 0 Å². The van der Waals surface area contributed by atoms with E-state index in [4.69, 9.17) is 4.74 Å². The third kappa shape index (κ3) is 3.27. The molecule has 1 aromatic carbocycles. The van der Waals surface area contributed by atoms with Gasteiger partial charge < -0.3 is 4.74 Å². The quantitative estimate of drug-likeness (QED) is 0.818. The number of hydrogen-bond donors (Lipinski definition) is 1. The van der Waals surface area contributed by atoms with Crippen molar-refractivity contribution in [2.45, 2.75) is 38.1 Å². The number of likely N-dealkylation sites (N-methyl/N-ethyl adjacent to an activating group) is 1. The molecule has 1 fully saturated rings. The highest BCUT2D eigenvalue weighted by Gasteiger charge is 2.45. The molecule has 1 saturated carbocycles. The molecule has 3 nitrogen and oxygen atoms in total. The summed E-state index contributed by atoms with van der Waals surface area (Å²) in [7, 11) is 1.84. The van der Waals surface area contributed by atoms with Crippen molar-refractivity contribution in [3.63, 3.8) is 0 Å². The second kappa shape index (κ2) is 6.08. The zero-order chi connectivity index (χ0) is 13.7. The Bertz CT molecular complexity index is 445. The molecule has 2 rings (SSSR count). The third-order valence-electron chi connectivity index (χ3n) is 3.85. The van der Waals surface area contributed by atoms with Gasteiger partial charge in [0.05, 0.1) is 6.07 Å². The number of nitriles is 1. The van der Waals surface area contributed by atoms with Crippen molar-refractivity contribution in [2.24, 2.45) is 5.92 Å². The summed E-state index contributed by atoms with van der Waals surface area (Å²) in [5.74, 6) is 1.28. The van der Waals surface area contributed by atoms with Gasteiger partial charge in [-0.05, 0) is 49.9 Å². The molecule has 1 aliphatic rings. The Morgan fingerprint density at radius 2 is 2.05 bits per heavy atom. The Kier molecular flexibility index (Phi) is 4.44. The van der Waals surface area contributed by atoms with Crippen LogP contribution in [0.4, 0.5) is 0 Å². The summed E-state index contributed by atoms with van der Waals surface area (Å²) in [6.07, 6.45) is 4.49. The van der Waals surface area contributed by atoms with Crippen LogP contribution in [0.1, 0.15) is 31.7 Å². The Morgan fingerprint density at radius 3 is 2.53 bits per heavy atom. The van der Waals surface area contributed by atoms with Crippen LogP contribution >= 0.6 is 0 Å². The van der Waals surface area contributed by atoms with Crippen LogP contribution in [0.5, 0.6) is 5.75 Å². The molecule has 0 radical (unpaired) electrons. The summed E-state index contributed by atoms with van der Waals surface area (Å²) in [6, 6.07) is 10.6. The number of nitrogens with zero attached hydrogens (tertiary/aromatic N) is 1. The Hall–Kier alpha value is -1.53. The highest BCUT2D eigenvalue weighted by atomic mass is 16.5. The molecule has 0 aromatic heterocycles. The summed E-state index contributed by atoms with van der Waals surface area (Å²) in [6.45, 7) is 2.59. The molecule has 0 saturated heterocycles. The van der Waals surface area contributed by atoms with E-state index >= 15 is 0 Å². The molecule has 3 heteroatoms. The molecule has 0 heterocycles. The lowest BCUT2D eigenvalue weighted by Crippen LogP contribution is -2.49. The lowest BCUT2D eigenvalue weighted by atomic mass is 9.96. The van der Waals surface area contributed by atoms with Gasteiger partial charge in [0.1, 0.15) is 17.9 Å². The summed E-state index contributed by atoms with van der Waals surface area (Å²) in [4.78, 5) is 0. The normalized spacial score (nSPS) is 17.5. The average Bonchev–Trinajstić information content (AvgIpc) is 3.28. The van der Waals surface area contributed by atoms with Crippen molar-refractivity contribution < 1.29 is 4.74 Å². The van der Waals surface area contributed by atoms with Gasteiger partial charge in [-0.25, -0.2) is 0 Å². The monoisotopic (exact) mass is 258 g/mol. The summed E-state index contributed by atoms with van der Waals surface area (Å²) >= 11 is 0. The van der Waals surface area contributed by atoms with E-state index in [0.29, 0.717) is 12.5 Å². The molecule has 0 aliphatic heterocycles. The van der Waals surface area contributed by atoms with Gasteiger partial charge in [0.25, 0.3) is 0 Å². The van der Waals surface area contributed by atoms with Crippen LogP contribution in [-0.2, 0) is 6.42 Å². The smallest absolute Gasteiger partial charge is 0.143 e. The van der Waals surface area contributed by atoms with Crippen molar-refractivity contribution in [1.29, 1.82) is 5.26 Å². The van der Waals surface area contributed by atoms with Crippen LogP contribution < -0.4 is 10.1 Å². The minimum Gasteiger partial charge on any atom is -0.491 e. The van der Waals surface area contributed by atoms with Crippen molar-refractivity contribution in [1.82, 2.24) is 5.32 Å². The number of hydrogen-bond acceptors (Lipinski definition) is 3. The molecule has 0 amide bonds. The molecule has 1 unspecified atom stereocenters. The zero-order valence-corrected chi connectivity index (χ0v) is 11.8. The Morgan fingerprint density at radius 1 is 1.37 bits per heavy atom. The zero-order valence-electron chi connectivity index (χ0n) is 11.8. The van der Waals surface area contributed by atoms with Crippen LogP contribution in [0.25, 0.3) is 0 Å². The molecular formula is C16H22N2O. The molecule has 1 aliphatic carbocycles. The number of ether oxygens (including phenoxy) is 1. The largest absolute Gasteiger partial charge is 0.491 e. The maximum Gasteiger partial charge on any atom is 0.143 e. The minimum absolute atomic E-state index is 0.414. The lowest BCUT2D eigenvalue weighted by molar-refractivity contribution is 0.211. The van der Waals surface area contributed by atoms with Crippen LogP contribution in [-0.4, -0.2) is 19.2 Å². The fraction of sp³-hybridized carbons (Fsp3) is 0.562. The fourth-order valence-corrected chi connectivity index (χ4v) is 2.39. The first-order chi connectivity index (χ1) is 9.24. The van der Waals surface area contributed by atoms with Crippen molar-refractivity contribution in [2.75, 3.05) is 13.7 Å². The first-order valence-electron chi connectivity index (χ1n) is 7.06. The van der Waals surface area contributed by atoms with Gasteiger partial charge in [-0.15, -0.1) is 0 Å². The predicted molar refractivity (Wildman–Crippen MR) is 76.1 cm³/mol. The number of aryl methyl sites for hydroxylation is 1. The van der Waals surface area contributed by atoms with E-state index in [-0.39, 0.29) is 0 Å². The van der Waals surface area contributed by atoms with Crippen molar-refractivity contribution in [3.8, 4) is 11.8 Å². The van der Waals surface area contributed by atoms with Gasteiger partial charge in [0, 0.05) is 0 Å². The second-order valence-electron chi connectivity index (χ2n) is 5.29. The highest BCUT2D eigenvalue weighted by Crippen LogP contribution is 2.39. The van der Waals surface area contributed by atoms with Crippen LogP contribution in [0.2, 0.25) is 0 Å². The summed E-state index contributed by atoms with van der Waals surface area (Å²) in [5.41, 5.74) is 0.805. The van der Waals surface area contributed by atoms with E-state index < -0.39 is 5.54 Å². The fourth-order valence-electron chi connectivity index (χ4n) is 2.39. The van der Waals surface area contributed by atoms with Gasteiger partial charge in [-0.3, -0.25) is 5.32 Å². The minimum atomic E-state index is -0.526. The van der Waals surface area contributed by atoms with E-state index in [0.717, 1.165) is 31.4 Å². The third-order valence-corrected chi connectivity index (χ3v) is 3.85. The van der Waals surface area contributed by atoms with E-state index in [2.05, 4.69) is 30.4 Å². The van der Waals surface area contributed by atoms with Gasteiger partial charge >= 0.3 is 0 Å². The van der Waals surface area contributed by atoms with Crippen LogP contribution in [0, 0.1) is 17.2 Å². The maximum atomic E-state index is 9.39. The SMILES string of the molecule is CCCc1ccc(OCC(C#N)(NC)C2CC2)cc1. The maximum absolute atomic E-state index is 9.39. The van der Waals surface area contributed by atoms with E-state index in [1.54, 1.807) is 0 Å². The van der Waals surface area contributed by atoms with Gasteiger partial charge in [-0.2, -0.15) is 5.26 Å². The first kappa shape index (κ1) is 13.9. The van der Waals surface area contributed by atoms with E-state index in [1.165, 1.54) is 5.56 Å². The molecule has 1 N–H and O–H groups in total. The molecule has 1 atom stereocenters. The van der Waals surface area contributed by atoms with Gasteiger partial charge in [-0.1, -0.05) is 25.5 Å². The predicted octanol–water partition coefficient (Wildman–Crippen LogP) is 2.91. The van der Waals surface area contributed by atoms with Crippen LogP contribution in [0.15, 0.2) is 24.3 Å². The van der Waals surface area contributed by atoms with Gasteiger partial charge in [0.2, 0.25) is 0 Å². The first-order valence-corrected chi connectivity index (χ1v) is 7.06. The van der Waals surface area contributed by atoms with Crippen molar-refractivity contribution in [3.05, 3.63) is 29.8 Å². The molecule has 19 heavy (non-hydrogen) atoms. The topological polar surface area (TPSA) is 45.0 Å². The molecule has 0 spiro atoms. The summed E-state index contributed by atoms with van der Waals surface area (Å²) < 4.78 is 5.80. The number of nitrogens with one attached hydrogen (secondary N) is 1. The summed E-state index contributed by atoms with van der Waals surface area (Å²) in [5, 5.41) is 12.5. The van der Waals surface area contributed by atoms with Crippen molar-refractivity contribution >= 4 is 0 Å². The Balaban J connectivity index is 1.95. The lowest BCUT2D eigenvalue weighted by Gasteiger charge is -2.26. The number of benzene rings is 1. The molecule has 0 bridgehead atoms.